The van der Waals surface area contributed by atoms with Crippen LogP contribution in [0.1, 0.15) is 11.1 Å². The maximum atomic E-state index is 12.5. The molecule has 0 spiro atoms. The van der Waals surface area contributed by atoms with Crippen molar-refractivity contribution in [2.24, 2.45) is 40.9 Å². The molecule has 0 radical (unpaired) electrons. The van der Waals surface area contributed by atoms with Gasteiger partial charge in [0.05, 0.1) is 36.2 Å². The lowest BCUT2D eigenvalue weighted by molar-refractivity contribution is 0.405. The predicted octanol–water partition coefficient (Wildman–Crippen LogP) is 12.0. The molecule has 0 fully saturated rings. The minimum Gasteiger partial charge on any atom is -0.506 e. The zero-order valence-electron chi connectivity index (χ0n) is 36.3. The standard InChI is InChI=1S/C44H37N9O13S3/c1-24-16-29(11-14-32(24)47-48-33-15-12-30(67(56,57)58)20-41(33)68(59,60)61)46-51-36-22-40(66-4)37(23-39(36)65-3)52-49-34-21-38(54)35(17-25(34)2)50-53-43-42(69(62,63)64)19-26-18-28(10-13-31(26)44(43)55)45-27-8-6-5-7-9-27/h5-23,45,54-55H,1-4H3,(H,56,57,58)(H,59,60,61)(H,62,63,64). The normalized spacial score (nSPS) is 12.5. The average Bonchev–Trinajstić information content (AvgIpc) is 3.29. The molecule has 0 saturated heterocycles. The molecular formula is C44H37N9O13S3. The van der Waals surface area contributed by atoms with Gasteiger partial charge >= 0.3 is 0 Å². The second-order valence-electron chi connectivity index (χ2n) is 14.6. The van der Waals surface area contributed by atoms with E-state index in [2.05, 4.69) is 46.2 Å². The van der Waals surface area contributed by atoms with Gasteiger partial charge in [-0.2, -0.15) is 40.6 Å². The molecule has 0 amide bonds. The first-order chi connectivity index (χ1) is 32.6. The first kappa shape index (κ1) is 48.9. The number of phenols is 2. The van der Waals surface area contributed by atoms with E-state index < -0.39 is 67.9 Å². The first-order valence-electron chi connectivity index (χ1n) is 19.7. The summed E-state index contributed by atoms with van der Waals surface area (Å²) in [5, 5.41) is 58.7. The van der Waals surface area contributed by atoms with Crippen LogP contribution >= 0.6 is 0 Å². The number of ether oxygens (including phenoxy) is 2. The Morgan fingerprint density at radius 1 is 0.478 bits per heavy atom. The van der Waals surface area contributed by atoms with Crippen molar-refractivity contribution in [3.63, 3.8) is 0 Å². The van der Waals surface area contributed by atoms with E-state index in [9.17, 15) is 49.1 Å². The van der Waals surface area contributed by atoms with E-state index in [1.807, 2.05) is 30.3 Å². The number of phenolic OH excluding ortho intramolecular Hbond substituents is 2. The molecule has 0 saturated carbocycles. The molecule has 0 unspecified atom stereocenters. The smallest absolute Gasteiger partial charge is 0.296 e. The highest BCUT2D eigenvalue weighted by atomic mass is 32.2. The van der Waals surface area contributed by atoms with Crippen LogP contribution in [-0.2, 0) is 30.4 Å². The third-order valence-electron chi connectivity index (χ3n) is 9.91. The van der Waals surface area contributed by atoms with Gasteiger partial charge in [0, 0.05) is 35.0 Å². The van der Waals surface area contributed by atoms with Crippen molar-refractivity contribution >= 4 is 98.0 Å². The summed E-state index contributed by atoms with van der Waals surface area (Å²) in [7, 11) is -11.9. The van der Waals surface area contributed by atoms with Crippen LogP contribution in [0.5, 0.6) is 23.0 Å². The number of hydrogen-bond acceptors (Lipinski definition) is 19. The number of anilines is 2. The Balaban J connectivity index is 1.10. The summed E-state index contributed by atoms with van der Waals surface area (Å²) in [6.07, 6.45) is 0. The van der Waals surface area contributed by atoms with Gasteiger partial charge in [-0.25, -0.2) is 0 Å². The molecule has 0 aliphatic carbocycles. The molecule has 25 heteroatoms. The SMILES string of the molecule is COc1cc(N=Nc2cc(O)c(N=Nc3c(S(=O)(=O)O)cc4cc(Nc5ccccc5)ccc4c3O)cc2C)c(OC)cc1N=Nc1ccc(N=Nc2ccc(S(=O)(=O)O)cc2S(=O)(=O)O)c(C)c1. The molecule has 0 bridgehead atoms. The summed E-state index contributed by atoms with van der Waals surface area (Å²) in [6.45, 7) is 3.29. The van der Waals surface area contributed by atoms with Crippen molar-refractivity contribution in [1.29, 1.82) is 0 Å². The van der Waals surface area contributed by atoms with Crippen LogP contribution in [-0.4, -0.2) is 63.3 Å². The highest BCUT2D eigenvalue weighted by Gasteiger charge is 2.24. The zero-order chi connectivity index (χ0) is 49.8. The van der Waals surface area contributed by atoms with Crippen molar-refractivity contribution in [1.82, 2.24) is 0 Å². The van der Waals surface area contributed by atoms with Crippen molar-refractivity contribution in [2.45, 2.75) is 28.5 Å². The zero-order valence-corrected chi connectivity index (χ0v) is 38.7. The molecule has 7 aromatic rings. The molecule has 0 aliphatic rings. The summed E-state index contributed by atoms with van der Waals surface area (Å²) in [5.74, 6) is -0.592. The quantitative estimate of drug-likeness (QED) is 0.0411. The molecule has 6 N–H and O–H groups in total. The molecule has 0 aromatic heterocycles. The fraction of sp³-hybridized carbons (Fsp3) is 0.0909. The fourth-order valence-corrected chi connectivity index (χ4v) is 8.37. The van der Waals surface area contributed by atoms with Gasteiger partial charge in [0.2, 0.25) is 0 Å². The summed E-state index contributed by atoms with van der Waals surface area (Å²) < 4.78 is 112. The van der Waals surface area contributed by atoms with E-state index in [1.54, 1.807) is 38.1 Å². The van der Waals surface area contributed by atoms with Gasteiger partial charge < -0.3 is 25.0 Å². The van der Waals surface area contributed by atoms with Crippen molar-refractivity contribution in [3.8, 4) is 23.0 Å². The lowest BCUT2D eigenvalue weighted by atomic mass is 10.1. The first-order valence-corrected chi connectivity index (χ1v) is 24.0. The Morgan fingerprint density at radius 2 is 1.06 bits per heavy atom. The lowest BCUT2D eigenvalue weighted by Crippen LogP contribution is -2.03. The number of nitrogens with one attached hydrogen (secondary N) is 1. The van der Waals surface area contributed by atoms with Crippen LogP contribution in [0.2, 0.25) is 0 Å². The van der Waals surface area contributed by atoms with Gasteiger partial charge in [-0.15, -0.1) is 25.6 Å². The van der Waals surface area contributed by atoms with E-state index in [1.165, 1.54) is 50.6 Å². The van der Waals surface area contributed by atoms with Gasteiger partial charge in [-0.05, 0) is 109 Å². The van der Waals surface area contributed by atoms with E-state index in [-0.39, 0.29) is 50.7 Å². The molecule has 0 heterocycles. The molecule has 69 heavy (non-hydrogen) atoms. The van der Waals surface area contributed by atoms with Crippen LogP contribution < -0.4 is 14.8 Å². The van der Waals surface area contributed by atoms with Crippen LogP contribution in [0.3, 0.4) is 0 Å². The number of methoxy groups -OCH3 is 2. The van der Waals surface area contributed by atoms with Gasteiger partial charge in [0.1, 0.15) is 55.5 Å². The number of aromatic hydroxyl groups is 2. The van der Waals surface area contributed by atoms with Gasteiger partial charge in [-0.3, -0.25) is 13.7 Å². The Hall–Kier alpha value is -8.07. The molecule has 7 rings (SSSR count). The predicted molar refractivity (Wildman–Crippen MR) is 251 cm³/mol. The number of fused-ring (bicyclic) bond motifs is 1. The minimum absolute atomic E-state index is 0.126. The Labute approximate surface area is 393 Å². The van der Waals surface area contributed by atoms with Crippen LogP contribution in [0, 0.1) is 13.8 Å². The molecule has 7 aromatic carbocycles. The fourth-order valence-electron chi connectivity index (χ4n) is 6.48. The number of benzene rings is 7. The van der Waals surface area contributed by atoms with E-state index >= 15 is 0 Å². The van der Waals surface area contributed by atoms with Crippen molar-refractivity contribution < 1.29 is 58.6 Å². The summed E-state index contributed by atoms with van der Waals surface area (Å²) in [6, 6.07) is 27.8. The Morgan fingerprint density at radius 3 is 1.68 bits per heavy atom. The largest absolute Gasteiger partial charge is 0.506 e. The second-order valence-corrected chi connectivity index (χ2v) is 18.8. The van der Waals surface area contributed by atoms with Crippen molar-refractivity contribution in [2.75, 3.05) is 19.5 Å². The second kappa shape index (κ2) is 19.6. The molecule has 354 valence electrons. The highest BCUT2D eigenvalue weighted by Crippen LogP contribution is 2.45. The van der Waals surface area contributed by atoms with Gasteiger partial charge in [-0.1, -0.05) is 18.2 Å². The third-order valence-corrected chi connectivity index (χ3v) is 12.5. The number of aryl methyl sites for hydroxylation is 2. The average molecular weight is 996 g/mol. The summed E-state index contributed by atoms with van der Waals surface area (Å²) in [4.78, 5) is -2.38. The van der Waals surface area contributed by atoms with Crippen molar-refractivity contribution in [3.05, 3.63) is 126 Å². The Kier molecular flexibility index (Phi) is 13.9. The summed E-state index contributed by atoms with van der Waals surface area (Å²) >= 11 is 0. The van der Waals surface area contributed by atoms with E-state index in [4.69, 9.17) is 9.47 Å². The minimum atomic E-state index is -4.96. The number of hydrogen-bond donors (Lipinski definition) is 6. The number of para-hydroxylation sites is 1. The maximum Gasteiger partial charge on any atom is 0.296 e. The number of azo groups is 4. The molecular weight excluding hydrogens is 959 g/mol. The molecule has 0 aliphatic heterocycles. The maximum absolute atomic E-state index is 12.5. The van der Waals surface area contributed by atoms with E-state index in [0.29, 0.717) is 28.6 Å². The highest BCUT2D eigenvalue weighted by molar-refractivity contribution is 7.87. The number of rotatable bonds is 15. The topological polar surface area (TPSA) is 333 Å². The Bertz CT molecular complexity index is 3650. The van der Waals surface area contributed by atoms with Gasteiger partial charge in [0.15, 0.2) is 5.75 Å². The number of nitrogens with zero attached hydrogens (tertiary/aromatic N) is 8. The van der Waals surface area contributed by atoms with Gasteiger partial charge in [0.25, 0.3) is 30.4 Å². The van der Waals surface area contributed by atoms with Crippen LogP contribution in [0.25, 0.3) is 10.8 Å². The van der Waals surface area contributed by atoms with Crippen LogP contribution in [0.15, 0.2) is 171 Å². The summed E-state index contributed by atoms with van der Waals surface area (Å²) in [5.41, 5.74) is 2.45. The molecule has 22 nitrogen and oxygen atoms in total. The lowest BCUT2D eigenvalue weighted by Gasteiger charge is -2.12. The molecule has 0 atom stereocenters. The van der Waals surface area contributed by atoms with Crippen LogP contribution in [0.4, 0.5) is 56.9 Å². The van der Waals surface area contributed by atoms with E-state index in [0.717, 1.165) is 23.9 Å². The monoisotopic (exact) mass is 995 g/mol. The third kappa shape index (κ3) is 11.4.